The monoisotopic (exact) mass is 384 g/mol. The Balaban J connectivity index is 2.79. The summed E-state index contributed by atoms with van der Waals surface area (Å²) in [6, 6.07) is 0.890. The summed E-state index contributed by atoms with van der Waals surface area (Å²) < 4.78 is 80.9. The average Bonchev–Trinajstić information content (AvgIpc) is 2.59. The summed E-state index contributed by atoms with van der Waals surface area (Å²) in [5, 5.41) is 9.14. The molecular formula is C16H18F6N2S. The first-order chi connectivity index (χ1) is 11.1. The topological polar surface area (TPSA) is 36.1 Å². The fourth-order valence-electron chi connectivity index (χ4n) is 3.80. The van der Waals surface area contributed by atoms with Gasteiger partial charge in [-0.1, -0.05) is 27.7 Å². The first kappa shape index (κ1) is 20.2. The lowest BCUT2D eigenvalue weighted by Crippen LogP contribution is -2.48. The number of hydrogen-bond acceptors (Lipinski definition) is 3. The van der Waals surface area contributed by atoms with Crippen LogP contribution < -0.4 is 0 Å². The van der Waals surface area contributed by atoms with E-state index >= 15 is 0 Å². The summed E-state index contributed by atoms with van der Waals surface area (Å²) in [6.07, 6.45) is -9.54. The maximum atomic E-state index is 13.6. The Morgan fingerprint density at radius 2 is 1.52 bits per heavy atom. The molecule has 1 aliphatic heterocycles. The highest BCUT2D eigenvalue weighted by atomic mass is 32.2. The normalized spacial score (nSPS) is 30.7. The molecule has 2 nitrogen and oxygen atoms in total. The van der Waals surface area contributed by atoms with Crippen LogP contribution in [0, 0.1) is 27.6 Å². The quantitative estimate of drug-likeness (QED) is 0.517. The van der Waals surface area contributed by atoms with Crippen molar-refractivity contribution in [3.63, 3.8) is 0 Å². The summed E-state index contributed by atoms with van der Waals surface area (Å²) in [6.45, 7) is 7.11. The molecule has 0 aromatic carbocycles. The van der Waals surface area contributed by atoms with Crippen LogP contribution in [0.3, 0.4) is 0 Å². The largest absolute Gasteiger partial charge is 0.423 e. The third-order valence-corrected chi connectivity index (χ3v) is 7.61. The minimum absolute atomic E-state index is 0.602. The van der Waals surface area contributed by atoms with Gasteiger partial charge < -0.3 is 0 Å². The second-order valence-corrected chi connectivity index (χ2v) is 8.98. The Hall–Kier alpha value is -1.13. The number of thioether (sulfide) groups is 1. The molecule has 0 unspecified atom stereocenters. The van der Waals surface area contributed by atoms with E-state index in [0.29, 0.717) is 24.6 Å². The SMILES string of the molecule is CC1(C)CCC(C)(C)C12N=C=C(C(F)(F)F)[C@@](C#N)(C(F)(F)F)CS2. The number of nitrogens with zero attached hydrogens (tertiary/aromatic N) is 2. The van der Waals surface area contributed by atoms with Gasteiger partial charge >= 0.3 is 12.4 Å². The second kappa shape index (κ2) is 5.43. The standard InChI is InChI=1S/C16H18F6N2S/c1-11(2)5-6-12(3,4)15(11)24-7-10(14(17,18)19)13(8-23,9-25-15)16(20,21)22/h5-6,9H2,1-4H3/t13-/m0/s1. The van der Waals surface area contributed by atoms with Gasteiger partial charge in [0.1, 0.15) is 10.4 Å². The smallest absolute Gasteiger partial charge is 0.224 e. The van der Waals surface area contributed by atoms with E-state index < -0.39 is 44.8 Å². The van der Waals surface area contributed by atoms with Gasteiger partial charge in [-0.25, -0.2) is 4.99 Å². The maximum Gasteiger partial charge on any atom is 0.423 e. The highest BCUT2D eigenvalue weighted by Gasteiger charge is 2.69. The van der Waals surface area contributed by atoms with E-state index in [1.54, 1.807) is 33.6 Å². The molecule has 1 heterocycles. The summed E-state index contributed by atoms with van der Waals surface area (Å²) in [5.41, 5.74) is -7.01. The van der Waals surface area contributed by atoms with Gasteiger partial charge in [-0.2, -0.15) is 31.6 Å². The number of hydrogen-bond donors (Lipinski definition) is 0. The molecule has 0 N–H and O–H groups in total. The number of alkyl halides is 6. The van der Waals surface area contributed by atoms with E-state index in [1.165, 1.54) is 0 Å². The van der Waals surface area contributed by atoms with E-state index in [1.807, 2.05) is 0 Å². The zero-order valence-electron chi connectivity index (χ0n) is 14.2. The van der Waals surface area contributed by atoms with Gasteiger partial charge in [0.05, 0.1) is 6.07 Å². The lowest BCUT2D eigenvalue weighted by molar-refractivity contribution is -0.202. The van der Waals surface area contributed by atoms with Gasteiger partial charge in [0.2, 0.25) is 0 Å². The van der Waals surface area contributed by atoms with Crippen molar-refractivity contribution in [2.24, 2.45) is 21.2 Å². The molecule has 0 aromatic rings. The van der Waals surface area contributed by atoms with Crippen LogP contribution >= 0.6 is 11.8 Å². The third-order valence-electron chi connectivity index (χ3n) is 5.42. The lowest BCUT2D eigenvalue weighted by Gasteiger charge is -2.45. The molecular weight excluding hydrogens is 366 g/mol. The van der Waals surface area contributed by atoms with Crippen molar-refractivity contribution in [2.75, 3.05) is 5.75 Å². The molecule has 0 saturated heterocycles. The van der Waals surface area contributed by atoms with Gasteiger partial charge in [0.15, 0.2) is 5.41 Å². The van der Waals surface area contributed by atoms with Crippen molar-refractivity contribution in [2.45, 2.75) is 57.8 Å². The summed E-state index contributed by atoms with van der Waals surface area (Å²) in [7, 11) is 0. The van der Waals surface area contributed by atoms with Crippen LogP contribution in [-0.4, -0.2) is 28.8 Å². The minimum atomic E-state index is -5.39. The average molecular weight is 384 g/mol. The maximum absolute atomic E-state index is 13.6. The number of rotatable bonds is 0. The van der Waals surface area contributed by atoms with E-state index in [4.69, 9.17) is 5.26 Å². The zero-order valence-corrected chi connectivity index (χ0v) is 15.0. The third kappa shape index (κ3) is 2.69. The summed E-state index contributed by atoms with van der Waals surface area (Å²) in [5.74, 6) is 0.603. The molecule has 25 heavy (non-hydrogen) atoms. The molecule has 9 heteroatoms. The Bertz CT molecular complexity index is 660. The van der Waals surface area contributed by atoms with Crippen LogP contribution in [0.2, 0.25) is 0 Å². The van der Waals surface area contributed by atoms with Gasteiger partial charge in [-0.05, 0) is 18.7 Å². The molecule has 1 spiro atoms. The number of halogens is 6. The van der Waals surface area contributed by atoms with Gasteiger partial charge in [0, 0.05) is 16.6 Å². The molecule has 0 bridgehead atoms. The van der Waals surface area contributed by atoms with Gasteiger partial charge in [-0.3, -0.25) is 0 Å². The Morgan fingerprint density at radius 3 is 1.88 bits per heavy atom. The zero-order chi connectivity index (χ0) is 19.5. The molecule has 1 saturated carbocycles. The predicted octanol–water partition coefficient (Wildman–Crippen LogP) is 5.51. The van der Waals surface area contributed by atoms with E-state index in [0.717, 1.165) is 6.07 Å². The van der Waals surface area contributed by atoms with Crippen molar-refractivity contribution < 1.29 is 26.3 Å². The molecule has 0 radical (unpaired) electrons. The van der Waals surface area contributed by atoms with Gasteiger partial charge in [-0.15, -0.1) is 11.8 Å². The fourth-order valence-corrected chi connectivity index (χ4v) is 5.69. The Labute approximate surface area is 146 Å². The molecule has 1 fully saturated rings. The van der Waals surface area contributed by atoms with E-state index in [-0.39, 0.29) is 0 Å². The van der Waals surface area contributed by atoms with Crippen LogP contribution in [0.1, 0.15) is 40.5 Å². The van der Waals surface area contributed by atoms with E-state index in [9.17, 15) is 26.3 Å². The van der Waals surface area contributed by atoms with Crippen molar-refractivity contribution in [1.82, 2.24) is 0 Å². The summed E-state index contributed by atoms with van der Waals surface area (Å²) in [4.78, 5) is 2.75. The fraction of sp³-hybridized carbons (Fsp3) is 0.812. The molecule has 0 amide bonds. The molecule has 140 valence electrons. The predicted molar refractivity (Wildman–Crippen MR) is 83.1 cm³/mol. The van der Waals surface area contributed by atoms with Crippen molar-refractivity contribution in [3.8, 4) is 6.07 Å². The first-order valence-electron chi connectivity index (χ1n) is 7.61. The van der Waals surface area contributed by atoms with Crippen molar-refractivity contribution in [1.29, 1.82) is 5.26 Å². The lowest BCUT2D eigenvalue weighted by atomic mass is 9.78. The Morgan fingerprint density at radius 1 is 1.04 bits per heavy atom. The van der Waals surface area contributed by atoms with Crippen molar-refractivity contribution >= 4 is 17.6 Å². The van der Waals surface area contributed by atoms with Gasteiger partial charge in [0.25, 0.3) is 0 Å². The highest BCUT2D eigenvalue weighted by Crippen LogP contribution is 2.66. The van der Waals surface area contributed by atoms with Crippen LogP contribution in [0.15, 0.2) is 10.6 Å². The number of nitriles is 1. The second-order valence-electron chi connectivity index (χ2n) is 7.81. The van der Waals surface area contributed by atoms with E-state index in [2.05, 4.69) is 4.99 Å². The molecule has 2 rings (SSSR count). The number of allylic oxidation sites excluding steroid dienone is 1. The van der Waals surface area contributed by atoms with Crippen LogP contribution in [0.4, 0.5) is 26.3 Å². The molecule has 0 aromatic heterocycles. The van der Waals surface area contributed by atoms with Crippen LogP contribution in [0.5, 0.6) is 0 Å². The highest BCUT2D eigenvalue weighted by molar-refractivity contribution is 8.00. The van der Waals surface area contributed by atoms with Crippen LogP contribution in [0.25, 0.3) is 0 Å². The van der Waals surface area contributed by atoms with Crippen LogP contribution in [-0.2, 0) is 0 Å². The summed E-state index contributed by atoms with van der Waals surface area (Å²) >= 11 is 0.694. The Kier molecular flexibility index (Phi) is 4.39. The molecule has 2 aliphatic rings. The minimum Gasteiger partial charge on any atom is -0.224 e. The number of aliphatic imine (C=N–C) groups is 1. The first-order valence-corrected chi connectivity index (χ1v) is 8.59. The van der Waals surface area contributed by atoms with Crippen molar-refractivity contribution in [3.05, 3.63) is 5.57 Å². The molecule has 1 aliphatic carbocycles. The molecule has 1 atom stereocenters.